The molecule has 1 heterocycles. The maximum absolute atomic E-state index is 5.71. The van der Waals surface area contributed by atoms with E-state index < -0.39 is 0 Å². The van der Waals surface area contributed by atoms with Gasteiger partial charge in [0.2, 0.25) is 0 Å². The molecule has 0 radical (unpaired) electrons. The molecule has 3 heteroatoms. The Labute approximate surface area is 79.3 Å². The van der Waals surface area contributed by atoms with E-state index in [0.29, 0.717) is 6.54 Å². The molecule has 3 nitrogen and oxygen atoms in total. The van der Waals surface area contributed by atoms with Crippen molar-refractivity contribution in [2.24, 2.45) is 5.73 Å². The summed E-state index contributed by atoms with van der Waals surface area (Å²) in [4.78, 5) is 3.18. The molecule has 0 saturated carbocycles. The molecule has 0 aliphatic rings. The Hall–Kier alpha value is -0.800. The van der Waals surface area contributed by atoms with Crippen molar-refractivity contribution in [2.75, 3.05) is 13.7 Å². The summed E-state index contributed by atoms with van der Waals surface area (Å²) in [6.07, 6.45) is 1.98. The third-order valence-corrected chi connectivity index (χ3v) is 2.64. The van der Waals surface area contributed by atoms with Gasteiger partial charge in [-0.05, 0) is 26.3 Å². The molecule has 0 bridgehead atoms. The van der Waals surface area contributed by atoms with Crippen molar-refractivity contribution in [3.63, 3.8) is 0 Å². The number of aryl methyl sites for hydroxylation is 2. The molecule has 3 N–H and O–H groups in total. The number of nitrogens with two attached hydrogens (primary N) is 1. The lowest BCUT2D eigenvalue weighted by Gasteiger charge is -2.27. The summed E-state index contributed by atoms with van der Waals surface area (Å²) in [5.41, 5.74) is 8.85. The molecule has 0 aromatic carbocycles. The number of aromatic amines is 1. The molecule has 1 atom stereocenters. The first-order valence-electron chi connectivity index (χ1n) is 4.45. The van der Waals surface area contributed by atoms with Crippen molar-refractivity contribution in [2.45, 2.75) is 26.4 Å². The van der Waals surface area contributed by atoms with Crippen molar-refractivity contribution in [3.05, 3.63) is 23.0 Å². The van der Waals surface area contributed by atoms with Crippen LogP contribution in [0.25, 0.3) is 0 Å². The Balaban J connectivity index is 3.18. The third-order valence-electron chi connectivity index (χ3n) is 2.64. The van der Waals surface area contributed by atoms with E-state index in [-0.39, 0.29) is 5.60 Å². The molecule has 0 saturated heterocycles. The number of rotatable bonds is 3. The van der Waals surface area contributed by atoms with Crippen LogP contribution in [-0.4, -0.2) is 18.6 Å². The summed E-state index contributed by atoms with van der Waals surface area (Å²) in [5, 5.41) is 0. The highest BCUT2D eigenvalue weighted by Gasteiger charge is 2.28. The van der Waals surface area contributed by atoms with Gasteiger partial charge in [0.05, 0.1) is 0 Å². The van der Waals surface area contributed by atoms with E-state index in [1.807, 2.05) is 20.0 Å². The van der Waals surface area contributed by atoms with Crippen LogP contribution in [0.5, 0.6) is 0 Å². The Kier molecular flexibility index (Phi) is 2.78. The monoisotopic (exact) mass is 182 g/mol. The molecule has 0 amide bonds. The highest BCUT2D eigenvalue weighted by molar-refractivity contribution is 5.34. The first kappa shape index (κ1) is 10.3. The van der Waals surface area contributed by atoms with Crippen molar-refractivity contribution < 1.29 is 4.74 Å². The lowest BCUT2D eigenvalue weighted by atomic mass is 9.93. The molecule has 0 aliphatic heterocycles. The molecule has 74 valence electrons. The second-order valence-electron chi connectivity index (χ2n) is 3.61. The van der Waals surface area contributed by atoms with Crippen LogP contribution in [-0.2, 0) is 10.3 Å². The summed E-state index contributed by atoms with van der Waals surface area (Å²) >= 11 is 0. The summed E-state index contributed by atoms with van der Waals surface area (Å²) in [7, 11) is 1.69. The zero-order chi connectivity index (χ0) is 10.1. The van der Waals surface area contributed by atoms with Crippen molar-refractivity contribution >= 4 is 0 Å². The van der Waals surface area contributed by atoms with E-state index in [1.54, 1.807) is 7.11 Å². The number of methoxy groups -OCH3 is 1. The van der Waals surface area contributed by atoms with Gasteiger partial charge in [0.15, 0.2) is 0 Å². The predicted molar refractivity (Wildman–Crippen MR) is 53.7 cm³/mol. The van der Waals surface area contributed by atoms with Crippen molar-refractivity contribution in [1.29, 1.82) is 0 Å². The molecule has 1 rings (SSSR count). The number of aromatic nitrogens is 1. The van der Waals surface area contributed by atoms with Gasteiger partial charge in [0.25, 0.3) is 0 Å². The maximum Gasteiger partial charge on any atom is 0.104 e. The second-order valence-corrected chi connectivity index (χ2v) is 3.61. The lowest BCUT2D eigenvalue weighted by molar-refractivity contribution is 0.00919. The van der Waals surface area contributed by atoms with E-state index in [4.69, 9.17) is 10.5 Å². The molecule has 1 aromatic heterocycles. The largest absolute Gasteiger partial charge is 0.372 e. The van der Waals surface area contributed by atoms with Crippen LogP contribution >= 0.6 is 0 Å². The quantitative estimate of drug-likeness (QED) is 0.743. The second kappa shape index (κ2) is 3.52. The average Bonchev–Trinajstić information content (AvgIpc) is 2.46. The molecular weight excluding hydrogens is 164 g/mol. The Morgan fingerprint density at radius 1 is 1.54 bits per heavy atom. The standard InChI is InChI=1S/C10H18N2O/c1-7-5-12-8(2)9(7)10(3,6-11)13-4/h5,12H,6,11H2,1-4H3. The molecule has 0 fully saturated rings. The topological polar surface area (TPSA) is 51.0 Å². The minimum atomic E-state index is -0.367. The number of hydrogen-bond donors (Lipinski definition) is 2. The van der Waals surface area contributed by atoms with Crippen LogP contribution in [0.1, 0.15) is 23.7 Å². The van der Waals surface area contributed by atoms with Crippen LogP contribution in [0.4, 0.5) is 0 Å². The van der Waals surface area contributed by atoms with Crippen LogP contribution < -0.4 is 5.73 Å². The highest BCUT2D eigenvalue weighted by atomic mass is 16.5. The zero-order valence-corrected chi connectivity index (χ0v) is 8.77. The van der Waals surface area contributed by atoms with Gasteiger partial charge in [-0.2, -0.15) is 0 Å². The van der Waals surface area contributed by atoms with Crippen LogP contribution in [0.15, 0.2) is 6.20 Å². The van der Waals surface area contributed by atoms with Crippen LogP contribution in [0.2, 0.25) is 0 Å². The molecule has 0 aliphatic carbocycles. The maximum atomic E-state index is 5.71. The average molecular weight is 182 g/mol. The lowest BCUT2D eigenvalue weighted by Crippen LogP contribution is -2.34. The Morgan fingerprint density at radius 3 is 2.46 bits per heavy atom. The van der Waals surface area contributed by atoms with Gasteiger partial charge >= 0.3 is 0 Å². The minimum absolute atomic E-state index is 0.367. The molecule has 1 unspecified atom stereocenters. The number of H-pyrrole nitrogens is 1. The van der Waals surface area contributed by atoms with Gasteiger partial charge in [-0.3, -0.25) is 0 Å². The predicted octanol–water partition coefficient (Wildman–Crippen LogP) is 1.45. The van der Waals surface area contributed by atoms with Crippen LogP contribution in [0, 0.1) is 13.8 Å². The normalized spacial score (nSPS) is 15.8. The summed E-state index contributed by atoms with van der Waals surface area (Å²) in [6.45, 7) is 6.60. The smallest absolute Gasteiger partial charge is 0.104 e. The first-order chi connectivity index (χ1) is 6.05. The fourth-order valence-electron chi connectivity index (χ4n) is 1.76. The molecule has 1 aromatic rings. The van der Waals surface area contributed by atoms with E-state index in [1.165, 1.54) is 11.1 Å². The summed E-state index contributed by atoms with van der Waals surface area (Å²) < 4.78 is 5.45. The summed E-state index contributed by atoms with van der Waals surface area (Å²) in [6, 6.07) is 0. The number of nitrogens with one attached hydrogen (secondary N) is 1. The Morgan fingerprint density at radius 2 is 2.15 bits per heavy atom. The third kappa shape index (κ3) is 1.62. The Bertz CT molecular complexity index is 268. The van der Waals surface area contributed by atoms with E-state index in [9.17, 15) is 0 Å². The van der Waals surface area contributed by atoms with Gasteiger partial charge in [-0.1, -0.05) is 0 Å². The van der Waals surface area contributed by atoms with Gasteiger partial charge in [-0.25, -0.2) is 0 Å². The molecular formula is C10H18N2O. The van der Waals surface area contributed by atoms with E-state index >= 15 is 0 Å². The van der Waals surface area contributed by atoms with Crippen molar-refractivity contribution in [3.8, 4) is 0 Å². The van der Waals surface area contributed by atoms with E-state index in [2.05, 4.69) is 11.9 Å². The number of ether oxygens (including phenoxy) is 1. The highest BCUT2D eigenvalue weighted by Crippen LogP contribution is 2.28. The van der Waals surface area contributed by atoms with Crippen molar-refractivity contribution in [1.82, 2.24) is 4.98 Å². The first-order valence-corrected chi connectivity index (χ1v) is 4.45. The van der Waals surface area contributed by atoms with Gasteiger partial charge in [0.1, 0.15) is 5.60 Å². The van der Waals surface area contributed by atoms with Gasteiger partial charge in [0, 0.05) is 31.1 Å². The van der Waals surface area contributed by atoms with Gasteiger partial charge < -0.3 is 15.5 Å². The minimum Gasteiger partial charge on any atom is -0.372 e. The van der Waals surface area contributed by atoms with E-state index in [0.717, 1.165) is 5.69 Å². The van der Waals surface area contributed by atoms with Gasteiger partial charge in [-0.15, -0.1) is 0 Å². The fraction of sp³-hybridized carbons (Fsp3) is 0.600. The SMILES string of the molecule is COC(C)(CN)c1c(C)c[nH]c1C. The molecule has 13 heavy (non-hydrogen) atoms. The molecule has 0 spiro atoms. The fourth-order valence-corrected chi connectivity index (χ4v) is 1.76. The zero-order valence-electron chi connectivity index (χ0n) is 8.77. The summed E-state index contributed by atoms with van der Waals surface area (Å²) in [5.74, 6) is 0. The number of hydrogen-bond acceptors (Lipinski definition) is 2. The van der Waals surface area contributed by atoms with Crippen LogP contribution in [0.3, 0.4) is 0 Å².